The van der Waals surface area contributed by atoms with E-state index in [1.165, 1.54) is 0 Å². The lowest BCUT2D eigenvalue weighted by Crippen LogP contribution is -2.32. The lowest BCUT2D eigenvalue weighted by Gasteiger charge is -2.12. The van der Waals surface area contributed by atoms with Crippen LogP contribution in [0.3, 0.4) is 0 Å². The minimum absolute atomic E-state index is 0.104. The highest BCUT2D eigenvalue weighted by Crippen LogP contribution is 2.20. The fourth-order valence-corrected chi connectivity index (χ4v) is 2.74. The van der Waals surface area contributed by atoms with E-state index in [1.54, 1.807) is 12.1 Å². The van der Waals surface area contributed by atoms with E-state index in [0.29, 0.717) is 22.8 Å². The first-order chi connectivity index (χ1) is 10.1. The van der Waals surface area contributed by atoms with Gasteiger partial charge in [0.2, 0.25) is 0 Å². The molecule has 1 amide bonds. The highest BCUT2D eigenvalue weighted by atomic mass is 35.5. The molecule has 1 aliphatic heterocycles. The molecule has 0 radical (unpaired) electrons. The Morgan fingerprint density at radius 2 is 2.33 bits per heavy atom. The fraction of sp³-hybridized carbons (Fsp3) is 0.375. The predicted molar refractivity (Wildman–Crippen MR) is 82.8 cm³/mol. The molecule has 0 bridgehead atoms. The van der Waals surface area contributed by atoms with Gasteiger partial charge in [0.15, 0.2) is 0 Å². The molecule has 1 atom stereocenters. The number of carbonyl (C=O) groups excluding carboxylic acids is 1. The average Bonchev–Trinajstić information content (AvgIpc) is 2.97. The van der Waals surface area contributed by atoms with E-state index in [9.17, 15) is 4.79 Å². The number of aryl methyl sites for hydroxylation is 1. The number of amides is 1. The van der Waals surface area contributed by atoms with Crippen LogP contribution in [-0.2, 0) is 4.74 Å². The number of rotatable bonds is 3. The highest BCUT2D eigenvalue weighted by molar-refractivity contribution is 6.31. The van der Waals surface area contributed by atoms with E-state index in [2.05, 4.69) is 10.3 Å². The van der Waals surface area contributed by atoms with E-state index in [-0.39, 0.29) is 12.0 Å². The Labute approximate surface area is 128 Å². The number of benzene rings is 1. The van der Waals surface area contributed by atoms with Crippen molar-refractivity contribution in [1.82, 2.24) is 10.3 Å². The maximum absolute atomic E-state index is 12.3. The highest BCUT2D eigenvalue weighted by Gasteiger charge is 2.18. The van der Waals surface area contributed by atoms with Gasteiger partial charge in [-0.3, -0.25) is 9.78 Å². The SMILES string of the molecule is Cc1nc2cc(Cl)ccc2cc1C(=O)NC[C@H]1CCCO1. The Hall–Kier alpha value is -1.65. The van der Waals surface area contributed by atoms with Crippen molar-refractivity contribution in [3.8, 4) is 0 Å². The minimum atomic E-state index is -0.104. The van der Waals surface area contributed by atoms with Crippen LogP contribution in [0.2, 0.25) is 5.02 Å². The van der Waals surface area contributed by atoms with Crippen LogP contribution in [0, 0.1) is 6.92 Å². The summed E-state index contributed by atoms with van der Waals surface area (Å²) in [5.41, 5.74) is 2.10. The summed E-state index contributed by atoms with van der Waals surface area (Å²) < 4.78 is 5.51. The minimum Gasteiger partial charge on any atom is -0.376 e. The molecule has 3 rings (SSSR count). The van der Waals surface area contributed by atoms with Crippen LogP contribution >= 0.6 is 11.6 Å². The first kappa shape index (κ1) is 14.3. The largest absolute Gasteiger partial charge is 0.376 e. The number of ether oxygens (including phenoxy) is 1. The van der Waals surface area contributed by atoms with Gasteiger partial charge in [0.1, 0.15) is 0 Å². The zero-order chi connectivity index (χ0) is 14.8. The molecular weight excluding hydrogens is 288 g/mol. The zero-order valence-electron chi connectivity index (χ0n) is 11.9. The Kier molecular flexibility index (Phi) is 4.08. The Balaban J connectivity index is 1.80. The lowest BCUT2D eigenvalue weighted by molar-refractivity contribution is 0.0857. The number of hydrogen-bond donors (Lipinski definition) is 1. The van der Waals surface area contributed by atoms with Gasteiger partial charge in [0, 0.05) is 23.6 Å². The van der Waals surface area contributed by atoms with Gasteiger partial charge in [0.05, 0.1) is 22.9 Å². The smallest absolute Gasteiger partial charge is 0.253 e. The molecule has 4 nitrogen and oxygen atoms in total. The molecule has 1 aromatic carbocycles. The molecule has 2 heterocycles. The standard InChI is InChI=1S/C16H17ClN2O2/c1-10-14(16(20)18-9-13-3-2-6-21-13)7-11-4-5-12(17)8-15(11)19-10/h4-5,7-8,13H,2-3,6,9H2,1H3,(H,18,20)/t13-/m1/s1. The van der Waals surface area contributed by atoms with Crippen molar-refractivity contribution in [2.24, 2.45) is 0 Å². The number of fused-ring (bicyclic) bond motifs is 1. The van der Waals surface area contributed by atoms with Crippen LogP contribution in [0.1, 0.15) is 28.9 Å². The summed E-state index contributed by atoms with van der Waals surface area (Å²) in [7, 11) is 0. The molecule has 1 saturated heterocycles. The van der Waals surface area contributed by atoms with E-state index in [0.717, 1.165) is 30.4 Å². The summed E-state index contributed by atoms with van der Waals surface area (Å²) in [5, 5.41) is 4.48. The van der Waals surface area contributed by atoms with Crippen LogP contribution in [0.15, 0.2) is 24.3 Å². The second-order valence-corrected chi connectivity index (χ2v) is 5.74. The van der Waals surface area contributed by atoms with Crippen molar-refractivity contribution in [2.75, 3.05) is 13.2 Å². The number of nitrogens with zero attached hydrogens (tertiary/aromatic N) is 1. The summed E-state index contributed by atoms with van der Waals surface area (Å²) in [6.45, 7) is 3.18. The van der Waals surface area contributed by atoms with Gasteiger partial charge in [-0.1, -0.05) is 17.7 Å². The van der Waals surface area contributed by atoms with Crippen molar-refractivity contribution in [3.05, 3.63) is 40.5 Å². The Bertz CT molecular complexity index is 681. The topological polar surface area (TPSA) is 51.2 Å². The van der Waals surface area contributed by atoms with Gasteiger partial charge < -0.3 is 10.1 Å². The number of nitrogens with one attached hydrogen (secondary N) is 1. The Morgan fingerprint density at radius 1 is 1.48 bits per heavy atom. The van der Waals surface area contributed by atoms with E-state index < -0.39 is 0 Å². The van der Waals surface area contributed by atoms with Crippen molar-refractivity contribution in [2.45, 2.75) is 25.9 Å². The fourth-order valence-electron chi connectivity index (χ4n) is 2.57. The quantitative estimate of drug-likeness (QED) is 0.948. The summed E-state index contributed by atoms with van der Waals surface area (Å²) in [6.07, 6.45) is 2.22. The van der Waals surface area contributed by atoms with E-state index >= 15 is 0 Å². The second kappa shape index (κ2) is 6.00. The maximum Gasteiger partial charge on any atom is 0.253 e. The van der Waals surface area contributed by atoms with Gasteiger partial charge in [0.25, 0.3) is 5.91 Å². The van der Waals surface area contributed by atoms with Gasteiger partial charge in [-0.2, -0.15) is 0 Å². The average molecular weight is 305 g/mol. The molecule has 0 unspecified atom stereocenters. The van der Waals surface area contributed by atoms with Crippen molar-refractivity contribution < 1.29 is 9.53 Å². The number of aromatic nitrogens is 1. The van der Waals surface area contributed by atoms with Crippen molar-refractivity contribution in [3.63, 3.8) is 0 Å². The summed E-state index contributed by atoms with van der Waals surface area (Å²) in [5.74, 6) is -0.104. The van der Waals surface area contributed by atoms with Crippen LogP contribution < -0.4 is 5.32 Å². The normalized spacial score (nSPS) is 18.1. The number of pyridine rings is 1. The molecule has 0 spiro atoms. The molecular formula is C16H17ClN2O2. The maximum atomic E-state index is 12.3. The molecule has 2 aromatic rings. The monoisotopic (exact) mass is 304 g/mol. The van der Waals surface area contributed by atoms with Crippen LogP contribution in [0.25, 0.3) is 10.9 Å². The van der Waals surface area contributed by atoms with Crippen LogP contribution in [-0.4, -0.2) is 30.1 Å². The summed E-state index contributed by atoms with van der Waals surface area (Å²) in [6, 6.07) is 7.34. The van der Waals surface area contributed by atoms with Gasteiger partial charge in [-0.25, -0.2) is 0 Å². The molecule has 1 aromatic heterocycles. The van der Waals surface area contributed by atoms with E-state index in [1.807, 2.05) is 19.1 Å². The molecule has 5 heteroatoms. The third-order valence-electron chi connectivity index (χ3n) is 3.73. The number of carbonyl (C=O) groups is 1. The van der Waals surface area contributed by atoms with Crippen LogP contribution in [0.5, 0.6) is 0 Å². The number of halogens is 1. The van der Waals surface area contributed by atoms with Crippen LogP contribution in [0.4, 0.5) is 0 Å². The van der Waals surface area contributed by atoms with E-state index in [4.69, 9.17) is 16.3 Å². The number of hydrogen-bond acceptors (Lipinski definition) is 3. The van der Waals surface area contributed by atoms with Crippen molar-refractivity contribution >= 4 is 28.4 Å². The molecule has 0 saturated carbocycles. The molecule has 1 N–H and O–H groups in total. The van der Waals surface area contributed by atoms with Gasteiger partial charge in [-0.05, 0) is 38.0 Å². The molecule has 0 aliphatic carbocycles. The lowest BCUT2D eigenvalue weighted by atomic mass is 10.1. The molecule has 110 valence electrons. The van der Waals surface area contributed by atoms with Crippen molar-refractivity contribution in [1.29, 1.82) is 0 Å². The molecule has 1 fully saturated rings. The van der Waals surface area contributed by atoms with Gasteiger partial charge in [-0.15, -0.1) is 0 Å². The van der Waals surface area contributed by atoms with Gasteiger partial charge >= 0.3 is 0 Å². The third-order valence-corrected chi connectivity index (χ3v) is 3.96. The Morgan fingerprint density at radius 3 is 3.10 bits per heavy atom. The first-order valence-corrected chi connectivity index (χ1v) is 7.48. The third kappa shape index (κ3) is 3.17. The zero-order valence-corrected chi connectivity index (χ0v) is 12.6. The first-order valence-electron chi connectivity index (χ1n) is 7.10. The summed E-state index contributed by atoms with van der Waals surface area (Å²) >= 11 is 5.96. The second-order valence-electron chi connectivity index (χ2n) is 5.30. The predicted octanol–water partition coefficient (Wildman–Crippen LogP) is 3.11. The molecule has 21 heavy (non-hydrogen) atoms. The molecule has 1 aliphatic rings. The summed E-state index contributed by atoms with van der Waals surface area (Å²) in [4.78, 5) is 16.8.